The van der Waals surface area contributed by atoms with Crippen LogP contribution in [0.1, 0.15) is 20.8 Å². The fourth-order valence-corrected chi connectivity index (χ4v) is 0.778. The van der Waals surface area contributed by atoms with E-state index in [0.29, 0.717) is 13.2 Å². The van der Waals surface area contributed by atoms with Crippen LogP contribution in [0.3, 0.4) is 0 Å². The van der Waals surface area contributed by atoms with E-state index < -0.39 is 0 Å². The Morgan fingerprint density at radius 1 is 1.45 bits per heavy atom. The van der Waals surface area contributed by atoms with Crippen LogP contribution in [0.25, 0.3) is 0 Å². The SMILES string of the molecule is [B]N(CN)C(C)C(C)(C)CN. The molecule has 0 aromatic rings. The molecule has 0 aromatic heterocycles. The second-order valence-corrected chi connectivity index (χ2v) is 3.57. The lowest BCUT2D eigenvalue weighted by atomic mass is 9.83. The van der Waals surface area contributed by atoms with Gasteiger partial charge in [0.25, 0.3) is 0 Å². The first kappa shape index (κ1) is 10.9. The molecule has 0 bridgehead atoms. The van der Waals surface area contributed by atoms with Crippen molar-refractivity contribution in [1.29, 1.82) is 0 Å². The number of hydrogen-bond acceptors (Lipinski definition) is 3. The summed E-state index contributed by atoms with van der Waals surface area (Å²) in [6.45, 7) is 7.16. The summed E-state index contributed by atoms with van der Waals surface area (Å²) in [7, 11) is 5.63. The summed E-state index contributed by atoms with van der Waals surface area (Å²) < 4.78 is 0. The Morgan fingerprint density at radius 2 is 1.91 bits per heavy atom. The van der Waals surface area contributed by atoms with Gasteiger partial charge in [-0.1, -0.05) is 13.8 Å². The zero-order valence-electron chi connectivity index (χ0n) is 7.67. The minimum absolute atomic E-state index is 0.0219. The second kappa shape index (κ2) is 4.09. The summed E-state index contributed by atoms with van der Waals surface area (Å²) in [4.78, 5) is 1.60. The maximum atomic E-state index is 5.63. The van der Waals surface area contributed by atoms with Crippen molar-refractivity contribution in [3.63, 3.8) is 0 Å². The fourth-order valence-electron chi connectivity index (χ4n) is 0.778. The highest BCUT2D eigenvalue weighted by molar-refractivity contribution is 6.04. The van der Waals surface area contributed by atoms with Crippen LogP contribution in [0, 0.1) is 5.41 Å². The first-order valence-electron chi connectivity index (χ1n) is 3.87. The van der Waals surface area contributed by atoms with Crippen LogP contribution in [0.2, 0.25) is 0 Å². The fraction of sp³-hybridized carbons (Fsp3) is 1.00. The molecule has 3 nitrogen and oxygen atoms in total. The summed E-state index contributed by atoms with van der Waals surface area (Å²) in [6.07, 6.45) is 0. The smallest absolute Gasteiger partial charge is 0.184 e. The van der Waals surface area contributed by atoms with Gasteiger partial charge in [-0.3, -0.25) is 0 Å². The van der Waals surface area contributed by atoms with E-state index in [2.05, 4.69) is 13.8 Å². The number of nitrogens with two attached hydrogens (primary N) is 2. The Bertz CT molecular complexity index is 116. The van der Waals surface area contributed by atoms with Crippen molar-refractivity contribution >= 4 is 7.98 Å². The highest BCUT2D eigenvalue weighted by atomic mass is 15.1. The quantitative estimate of drug-likeness (QED) is 0.431. The minimum atomic E-state index is 0.0219. The van der Waals surface area contributed by atoms with Crippen molar-refractivity contribution in [3.8, 4) is 0 Å². The number of rotatable bonds is 4. The zero-order valence-corrected chi connectivity index (χ0v) is 7.67. The number of hydrogen-bond donors (Lipinski definition) is 2. The second-order valence-electron chi connectivity index (χ2n) is 3.57. The maximum Gasteiger partial charge on any atom is 0.184 e. The Morgan fingerprint density at radius 3 is 2.18 bits per heavy atom. The molecule has 0 saturated heterocycles. The molecule has 0 heterocycles. The van der Waals surface area contributed by atoms with Crippen molar-refractivity contribution in [2.24, 2.45) is 16.9 Å². The van der Waals surface area contributed by atoms with Crippen molar-refractivity contribution in [3.05, 3.63) is 0 Å². The van der Waals surface area contributed by atoms with E-state index in [1.807, 2.05) is 6.92 Å². The van der Waals surface area contributed by atoms with E-state index in [4.69, 9.17) is 19.4 Å². The molecule has 0 spiro atoms. The summed E-state index contributed by atoms with van der Waals surface area (Å²) in [6, 6.07) is 0.206. The molecule has 0 fully saturated rings. The molecule has 4 heteroatoms. The van der Waals surface area contributed by atoms with Gasteiger partial charge in [0.15, 0.2) is 7.98 Å². The predicted octanol–water partition coefficient (Wildman–Crippen LogP) is -0.338. The molecule has 0 saturated carbocycles. The third kappa shape index (κ3) is 2.81. The van der Waals surface area contributed by atoms with Gasteiger partial charge in [-0.15, -0.1) is 0 Å². The van der Waals surface area contributed by atoms with Crippen LogP contribution in [-0.2, 0) is 0 Å². The normalized spacial score (nSPS) is 15.5. The molecule has 11 heavy (non-hydrogen) atoms. The largest absolute Gasteiger partial charge is 0.339 e. The molecule has 0 aliphatic heterocycles. The monoisotopic (exact) mass is 155 g/mol. The molecule has 0 rings (SSSR count). The van der Waals surface area contributed by atoms with Crippen LogP contribution >= 0.6 is 0 Å². The highest BCUT2D eigenvalue weighted by Gasteiger charge is 2.25. The van der Waals surface area contributed by atoms with Gasteiger partial charge >= 0.3 is 0 Å². The molecule has 0 aliphatic carbocycles. The Balaban J connectivity index is 4.10. The van der Waals surface area contributed by atoms with E-state index in [-0.39, 0.29) is 11.5 Å². The number of nitrogens with zero attached hydrogens (tertiary/aromatic N) is 1. The topological polar surface area (TPSA) is 55.3 Å². The molecule has 2 radical (unpaired) electrons. The first-order valence-corrected chi connectivity index (χ1v) is 3.87. The van der Waals surface area contributed by atoms with E-state index in [1.165, 1.54) is 0 Å². The molecular formula is C7H18BN3. The molecule has 0 aromatic carbocycles. The van der Waals surface area contributed by atoms with Gasteiger partial charge in [0, 0.05) is 12.7 Å². The summed E-state index contributed by atoms with van der Waals surface area (Å²) in [5.41, 5.74) is 11.0. The molecule has 1 unspecified atom stereocenters. The molecule has 0 aliphatic rings. The highest BCUT2D eigenvalue weighted by Crippen LogP contribution is 2.21. The van der Waals surface area contributed by atoms with Crippen molar-refractivity contribution in [1.82, 2.24) is 4.81 Å². The van der Waals surface area contributed by atoms with Crippen molar-refractivity contribution < 1.29 is 0 Å². The summed E-state index contributed by atoms with van der Waals surface area (Å²) in [5, 5.41) is 0. The molecule has 64 valence electrons. The van der Waals surface area contributed by atoms with Crippen LogP contribution in [0.4, 0.5) is 0 Å². The van der Waals surface area contributed by atoms with Gasteiger partial charge in [0.2, 0.25) is 0 Å². The van der Waals surface area contributed by atoms with Crippen LogP contribution in [-0.4, -0.2) is 32.0 Å². The van der Waals surface area contributed by atoms with Gasteiger partial charge < -0.3 is 16.3 Å². The third-order valence-corrected chi connectivity index (χ3v) is 2.37. The van der Waals surface area contributed by atoms with Gasteiger partial charge in [-0.2, -0.15) is 0 Å². The van der Waals surface area contributed by atoms with E-state index in [9.17, 15) is 0 Å². The lowest BCUT2D eigenvalue weighted by Crippen LogP contribution is -2.47. The Hall–Kier alpha value is -0.0551. The van der Waals surface area contributed by atoms with Crippen LogP contribution in [0.15, 0.2) is 0 Å². The van der Waals surface area contributed by atoms with Gasteiger partial charge in [-0.05, 0) is 18.9 Å². The summed E-state index contributed by atoms with van der Waals surface area (Å²) in [5.74, 6) is 0. The molecule has 0 amide bonds. The van der Waals surface area contributed by atoms with E-state index >= 15 is 0 Å². The third-order valence-electron chi connectivity index (χ3n) is 2.37. The van der Waals surface area contributed by atoms with Crippen molar-refractivity contribution in [2.45, 2.75) is 26.8 Å². The van der Waals surface area contributed by atoms with Gasteiger partial charge in [-0.25, -0.2) is 0 Å². The van der Waals surface area contributed by atoms with Crippen LogP contribution in [0.5, 0.6) is 0 Å². The lowest BCUT2D eigenvalue weighted by molar-refractivity contribution is 0.188. The Labute approximate surface area is 70.5 Å². The Kier molecular flexibility index (Phi) is 4.07. The standard InChI is InChI=1S/C7H18BN3/c1-6(11(8)5-10)7(2,3)4-9/h6H,4-5,9-10H2,1-3H3. The van der Waals surface area contributed by atoms with E-state index in [1.54, 1.807) is 4.81 Å². The van der Waals surface area contributed by atoms with Crippen molar-refractivity contribution in [2.75, 3.05) is 13.2 Å². The average Bonchev–Trinajstić information content (AvgIpc) is 2.01. The maximum absolute atomic E-state index is 5.63. The molecular weight excluding hydrogens is 137 g/mol. The first-order chi connectivity index (χ1) is 4.95. The minimum Gasteiger partial charge on any atom is -0.339 e. The molecule has 1 atom stereocenters. The molecule has 4 N–H and O–H groups in total. The zero-order chi connectivity index (χ0) is 9.07. The van der Waals surface area contributed by atoms with Crippen LogP contribution < -0.4 is 11.5 Å². The van der Waals surface area contributed by atoms with Gasteiger partial charge in [0.05, 0.1) is 0 Å². The predicted molar refractivity (Wildman–Crippen MR) is 48.9 cm³/mol. The lowest BCUT2D eigenvalue weighted by Gasteiger charge is -2.37. The summed E-state index contributed by atoms with van der Waals surface area (Å²) >= 11 is 0. The average molecular weight is 155 g/mol. The van der Waals surface area contributed by atoms with E-state index in [0.717, 1.165) is 0 Å². The van der Waals surface area contributed by atoms with Gasteiger partial charge in [0.1, 0.15) is 0 Å².